The summed E-state index contributed by atoms with van der Waals surface area (Å²) in [5, 5.41) is 35.7. The first-order chi connectivity index (χ1) is 12.4. The van der Waals surface area contributed by atoms with Crippen LogP contribution in [0.3, 0.4) is 0 Å². The lowest BCUT2D eigenvalue weighted by Crippen LogP contribution is -2.58. The average Bonchev–Trinajstić information content (AvgIpc) is 2.54. The number of carbonyl (C=O) groups is 4. The van der Waals surface area contributed by atoms with Crippen molar-refractivity contribution in [3.8, 4) is 0 Å². The molecule has 0 aromatic heterocycles. The molecule has 0 saturated heterocycles. The number of nitrogens with one attached hydrogen (secondary N) is 3. The zero-order chi connectivity index (χ0) is 21.3. The lowest BCUT2D eigenvalue weighted by atomic mass is 9.97. The fourth-order valence-corrected chi connectivity index (χ4v) is 2.43. The second-order valence-corrected chi connectivity index (χ2v) is 7.19. The van der Waals surface area contributed by atoms with Crippen molar-refractivity contribution >= 4 is 23.7 Å². The smallest absolute Gasteiger partial charge is 0.326 e. The largest absolute Gasteiger partial charge is 0.480 e. The van der Waals surface area contributed by atoms with E-state index in [-0.39, 0.29) is 12.3 Å². The Morgan fingerprint density at radius 1 is 0.926 bits per heavy atom. The minimum atomic E-state index is -1.70. The molecule has 0 radical (unpaired) electrons. The van der Waals surface area contributed by atoms with Crippen LogP contribution < -0.4 is 16.0 Å². The molecule has 0 aliphatic heterocycles. The lowest BCUT2D eigenvalue weighted by Gasteiger charge is -2.28. The van der Waals surface area contributed by atoms with Gasteiger partial charge in [-0.1, -0.05) is 27.7 Å². The van der Waals surface area contributed by atoms with Gasteiger partial charge >= 0.3 is 5.97 Å². The first kappa shape index (κ1) is 24.8. The summed E-state index contributed by atoms with van der Waals surface area (Å²) in [6.07, 6.45) is -1.48. The van der Waals surface area contributed by atoms with Crippen LogP contribution in [0.5, 0.6) is 0 Å². The molecular weight excluding hydrogens is 358 g/mol. The van der Waals surface area contributed by atoms with Crippen LogP contribution in [0.25, 0.3) is 0 Å². The number of carbonyl (C=O) groups excluding carboxylic acids is 3. The van der Waals surface area contributed by atoms with Crippen molar-refractivity contribution in [1.29, 1.82) is 0 Å². The molecule has 156 valence electrons. The second kappa shape index (κ2) is 11.5. The summed E-state index contributed by atoms with van der Waals surface area (Å²) in [6.45, 7) is 7.37. The maximum atomic E-state index is 12.3. The molecule has 0 aliphatic rings. The quantitative estimate of drug-likeness (QED) is 0.253. The summed E-state index contributed by atoms with van der Waals surface area (Å²) in [7, 11) is 0. The molecule has 0 saturated carbocycles. The van der Waals surface area contributed by atoms with Crippen molar-refractivity contribution in [3.63, 3.8) is 0 Å². The van der Waals surface area contributed by atoms with Gasteiger partial charge in [0.1, 0.15) is 12.1 Å². The first-order valence-electron chi connectivity index (χ1n) is 8.80. The summed E-state index contributed by atoms with van der Waals surface area (Å²) < 4.78 is 0. The zero-order valence-corrected chi connectivity index (χ0v) is 16.4. The Morgan fingerprint density at radius 3 is 1.85 bits per heavy atom. The molecule has 6 N–H and O–H groups in total. The summed E-state index contributed by atoms with van der Waals surface area (Å²) in [4.78, 5) is 46.9. The van der Waals surface area contributed by atoms with E-state index in [9.17, 15) is 29.4 Å². The van der Waals surface area contributed by atoms with E-state index in [1.165, 1.54) is 6.92 Å². The molecule has 0 aliphatic carbocycles. The minimum Gasteiger partial charge on any atom is -0.480 e. The van der Waals surface area contributed by atoms with Gasteiger partial charge in [0, 0.05) is 6.92 Å². The molecule has 0 rings (SSSR count). The molecule has 0 aromatic carbocycles. The summed E-state index contributed by atoms with van der Waals surface area (Å²) in [5.74, 6) is -3.86. The van der Waals surface area contributed by atoms with Gasteiger partial charge < -0.3 is 31.3 Å². The van der Waals surface area contributed by atoms with E-state index in [0.717, 1.165) is 0 Å². The predicted molar refractivity (Wildman–Crippen MR) is 96.5 cm³/mol. The van der Waals surface area contributed by atoms with E-state index in [4.69, 9.17) is 5.11 Å². The zero-order valence-electron chi connectivity index (χ0n) is 16.4. The Balaban J connectivity index is 5.25. The Labute approximate surface area is 158 Å². The van der Waals surface area contributed by atoms with Crippen molar-refractivity contribution < 1.29 is 34.5 Å². The summed E-state index contributed by atoms with van der Waals surface area (Å²) in [5.41, 5.74) is 0. The van der Waals surface area contributed by atoms with E-state index in [2.05, 4.69) is 16.0 Å². The van der Waals surface area contributed by atoms with Crippen molar-refractivity contribution in [2.24, 2.45) is 11.8 Å². The van der Waals surface area contributed by atoms with Gasteiger partial charge in [-0.25, -0.2) is 4.79 Å². The van der Waals surface area contributed by atoms with Crippen LogP contribution in [0.2, 0.25) is 0 Å². The highest BCUT2D eigenvalue weighted by atomic mass is 16.4. The molecule has 0 bridgehead atoms. The molecular formula is C17H31N3O7. The molecule has 4 atom stereocenters. The molecule has 27 heavy (non-hydrogen) atoms. The third-order valence-corrected chi connectivity index (χ3v) is 3.81. The molecule has 0 aromatic rings. The van der Waals surface area contributed by atoms with Crippen LogP contribution in [0.15, 0.2) is 0 Å². The number of aliphatic hydroxyl groups is 2. The van der Waals surface area contributed by atoms with Crippen molar-refractivity contribution in [2.75, 3.05) is 6.61 Å². The highest BCUT2D eigenvalue weighted by Gasteiger charge is 2.33. The van der Waals surface area contributed by atoms with Crippen LogP contribution in [-0.2, 0) is 19.2 Å². The Morgan fingerprint density at radius 2 is 1.48 bits per heavy atom. The normalized spacial score (nSPS) is 15.6. The number of hydrogen-bond acceptors (Lipinski definition) is 6. The van der Waals surface area contributed by atoms with Gasteiger partial charge in [0.25, 0.3) is 5.91 Å². The first-order valence-corrected chi connectivity index (χ1v) is 8.80. The van der Waals surface area contributed by atoms with Crippen LogP contribution >= 0.6 is 0 Å². The molecule has 0 fully saturated rings. The van der Waals surface area contributed by atoms with E-state index < -0.39 is 60.4 Å². The van der Waals surface area contributed by atoms with E-state index >= 15 is 0 Å². The third-order valence-electron chi connectivity index (χ3n) is 3.81. The number of carboxylic acids is 1. The Kier molecular flexibility index (Phi) is 10.6. The summed E-state index contributed by atoms with van der Waals surface area (Å²) >= 11 is 0. The second-order valence-electron chi connectivity index (χ2n) is 7.19. The topological polar surface area (TPSA) is 165 Å². The Bertz CT molecular complexity index is 537. The van der Waals surface area contributed by atoms with Gasteiger partial charge in [0.05, 0.1) is 12.6 Å². The Hall–Kier alpha value is -2.20. The monoisotopic (exact) mass is 389 g/mol. The maximum Gasteiger partial charge on any atom is 0.326 e. The lowest BCUT2D eigenvalue weighted by molar-refractivity contribution is -0.145. The number of aliphatic carboxylic acids is 1. The van der Waals surface area contributed by atoms with E-state index in [1.54, 1.807) is 13.8 Å². The average molecular weight is 389 g/mol. The van der Waals surface area contributed by atoms with Crippen LogP contribution in [-0.4, -0.2) is 69.8 Å². The van der Waals surface area contributed by atoms with Gasteiger partial charge in [0.15, 0.2) is 6.10 Å². The number of aliphatic hydroxyl groups excluding tert-OH is 2. The van der Waals surface area contributed by atoms with Gasteiger partial charge in [-0.2, -0.15) is 0 Å². The van der Waals surface area contributed by atoms with Gasteiger partial charge in [-0.3, -0.25) is 14.4 Å². The number of rotatable bonds is 11. The molecule has 3 amide bonds. The molecule has 0 heterocycles. The van der Waals surface area contributed by atoms with Gasteiger partial charge in [0.2, 0.25) is 11.8 Å². The van der Waals surface area contributed by atoms with E-state index in [0.29, 0.717) is 0 Å². The number of carboxylic acid groups (broad SMARTS) is 1. The standard InChI is InChI=1S/C17H31N3O7/c1-8(2)6-11(19-15(24)12(7-21)18-10(5)22)14(23)16(25)20-13(9(3)4)17(26)27/h8-9,11-14,21,23H,6-7H2,1-5H3,(H,18,22)(H,19,24)(H,20,25)(H,26,27)/t11-,12-,13-,14+/m0/s1. The van der Waals surface area contributed by atoms with Crippen LogP contribution in [0, 0.1) is 11.8 Å². The van der Waals surface area contributed by atoms with Crippen molar-refractivity contribution in [3.05, 3.63) is 0 Å². The van der Waals surface area contributed by atoms with Gasteiger partial charge in [-0.05, 0) is 18.3 Å². The van der Waals surface area contributed by atoms with Gasteiger partial charge in [-0.15, -0.1) is 0 Å². The SMILES string of the molecule is CC(=O)N[C@@H](CO)C(=O)N[C@@H](CC(C)C)[C@@H](O)C(=O)N[C@H](C(=O)O)C(C)C. The molecule has 0 spiro atoms. The fourth-order valence-electron chi connectivity index (χ4n) is 2.43. The summed E-state index contributed by atoms with van der Waals surface area (Å²) in [6, 6.07) is -3.44. The maximum absolute atomic E-state index is 12.3. The predicted octanol–water partition coefficient (Wildman–Crippen LogP) is -1.40. The van der Waals surface area contributed by atoms with Crippen LogP contribution in [0.4, 0.5) is 0 Å². The highest BCUT2D eigenvalue weighted by molar-refractivity contribution is 5.89. The van der Waals surface area contributed by atoms with E-state index in [1.807, 2.05) is 13.8 Å². The fraction of sp³-hybridized carbons (Fsp3) is 0.765. The number of amides is 3. The van der Waals surface area contributed by atoms with Crippen molar-refractivity contribution in [2.45, 2.75) is 65.3 Å². The molecule has 10 nitrogen and oxygen atoms in total. The molecule has 10 heteroatoms. The number of hydrogen-bond donors (Lipinski definition) is 6. The molecule has 0 unspecified atom stereocenters. The minimum absolute atomic E-state index is 0.00791. The van der Waals surface area contributed by atoms with Crippen LogP contribution in [0.1, 0.15) is 41.0 Å². The third kappa shape index (κ3) is 8.83. The highest BCUT2D eigenvalue weighted by Crippen LogP contribution is 2.11. The van der Waals surface area contributed by atoms with Crippen molar-refractivity contribution in [1.82, 2.24) is 16.0 Å².